The number of pyridine rings is 1. The lowest BCUT2D eigenvalue weighted by atomic mass is 10.3. The normalized spacial score (nSPS) is 23.0. The summed E-state index contributed by atoms with van der Waals surface area (Å²) in [7, 11) is 0. The Labute approximate surface area is 94.4 Å². The molecule has 4 heteroatoms. The van der Waals surface area contributed by atoms with Gasteiger partial charge >= 0.3 is 0 Å². The summed E-state index contributed by atoms with van der Waals surface area (Å²) in [6, 6.07) is 4.59. The molecule has 1 unspecified atom stereocenters. The second-order valence-corrected chi connectivity index (χ2v) is 4.55. The number of amidine groups is 1. The van der Waals surface area contributed by atoms with Crippen molar-refractivity contribution in [2.75, 3.05) is 5.75 Å². The monoisotopic (exact) mass is 221 g/mol. The quantitative estimate of drug-likeness (QED) is 0.849. The Hall–Kier alpha value is -1.03. The summed E-state index contributed by atoms with van der Waals surface area (Å²) in [5.74, 6) is 1.14. The summed E-state index contributed by atoms with van der Waals surface area (Å²) in [5, 5.41) is 4.48. The summed E-state index contributed by atoms with van der Waals surface area (Å²) in [6.45, 7) is 2.92. The lowest BCUT2D eigenvalue weighted by Crippen LogP contribution is -2.25. The van der Waals surface area contributed by atoms with Crippen LogP contribution >= 0.6 is 11.8 Å². The fraction of sp³-hybridized carbons (Fsp3) is 0.455. The molecule has 0 bridgehead atoms. The van der Waals surface area contributed by atoms with E-state index in [0.29, 0.717) is 6.04 Å². The molecule has 0 spiro atoms. The first-order valence-corrected chi connectivity index (χ1v) is 6.19. The van der Waals surface area contributed by atoms with Crippen molar-refractivity contribution >= 4 is 16.9 Å². The van der Waals surface area contributed by atoms with Gasteiger partial charge in [0.05, 0.1) is 6.54 Å². The number of rotatable bonds is 3. The van der Waals surface area contributed by atoms with Gasteiger partial charge in [-0.05, 0) is 18.1 Å². The average molecular weight is 221 g/mol. The van der Waals surface area contributed by atoms with Crippen molar-refractivity contribution in [3.05, 3.63) is 30.1 Å². The predicted molar refractivity (Wildman–Crippen MR) is 65.0 cm³/mol. The molecule has 1 atom stereocenters. The van der Waals surface area contributed by atoms with Gasteiger partial charge in [-0.25, -0.2) is 0 Å². The van der Waals surface area contributed by atoms with E-state index in [0.717, 1.165) is 23.0 Å². The van der Waals surface area contributed by atoms with E-state index in [4.69, 9.17) is 0 Å². The molecule has 1 fully saturated rings. The maximum Gasteiger partial charge on any atom is 0.157 e. The molecule has 3 nitrogen and oxygen atoms in total. The Balaban J connectivity index is 1.90. The highest BCUT2D eigenvalue weighted by atomic mass is 32.2. The largest absolute Gasteiger partial charge is 0.361 e. The molecule has 1 aliphatic rings. The van der Waals surface area contributed by atoms with Crippen molar-refractivity contribution in [1.82, 2.24) is 10.3 Å². The lowest BCUT2D eigenvalue weighted by Gasteiger charge is -2.04. The Morgan fingerprint density at radius 3 is 3.27 bits per heavy atom. The van der Waals surface area contributed by atoms with Crippen LogP contribution in [-0.4, -0.2) is 21.9 Å². The number of nitrogens with zero attached hydrogens (tertiary/aromatic N) is 2. The molecule has 0 aliphatic carbocycles. The van der Waals surface area contributed by atoms with Crippen LogP contribution < -0.4 is 5.32 Å². The van der Waals surface area contributed by atoms with Gasteiger partial charge in [0.2, 0.25) is 0 Å². The number of nitrogens with one attached hydrogen (secondary N) is 1. The van der Waals surface area contributed by atoms with E-state index in [1.54, 1.807) is 6.20 Å². The number of aromatic nitrogens is 1. The molecule has 0 aromatic carbocycles. The third-order valence-electron chi connectivity index (χ3n) is 2.37. The zero-order valence-corrected chi connectivity index (χ0v) is 9.63. The summed E-state index contributed by atoms with van der Waals surface area (Å²) in [6.07, 6.45) is 4.81. The topological polar surface area (TPSA) is 37.3 Å². The Morgan fingerprint density at radius 1 is 1.67 bits per heavy atom. The second-order valence-electron chi connectivity index (χ2n) is 3.54. The van der Waals surface area contributed by atoms with Crippen LogP contribution in [0.25, 0.3) is 0 Å². The first kappa shape index (κ1) is 10.5. The minimum absolute atomic E-state index is 0.600. The van der Waals surface area contributed by atoms with E-state index in [1.165, 1.54) is 6.42 Å². The smallest absolute Gasteiger partial charge is 0.157 e. The van der Waals surface area contributed by atoms with E-state index in [1.807, 2.05) is 30.1 Å². The molecule has 0 radical (unpaired) electrons. The Bertz CT molecular complexity index is 337. The van der Waals surface area contributed by atoms with Crippen molar-refractivity contribution < 1.29 is 0 Å². The fourth-order valence-corrected chi connectivity index (χ4v) is 2.49. The highest BCUT2D eigenvalue weighted by Gasteiger charge is 2.17. The van der Waals surface area contributed by atoms with Crippen LogP contribution in [0.3, 0.4) is 0 Å². The van der Waals surface area contributed by atoms with E-state index in [-0.39, 0.29) is 0 Å². The van der Waals surface area contributed by atoms with Crippen LogP contribution in [0.2, 0.25) is 0 Å². The molecule has 1 aromatic heterocycles. The molecule has 2 heterocycles. The SMILES string of the molecule is CCC1CSC(=NCc2cccnc2)N1. The number of hydrogen-bond donors (Lipinski definition) is 1. The molecule has 15 heavy (non-hydrogen) atoms. The van der Waals surface area contributed by atoms with Gasteiger partial charge in [-0.2, -0.15) is 0 Å². The van der Waals surface area contributed by atoms with Gasteiger partial charge < -0.3 is 5.32 Å². The minimum Gasteiger partial charge on any atom is -0.361 e. The van der Waals surface area contributed by atoms with E-state index in [9.17, 15) is 0 Å². The summed E-state index contributed by atoms with van der Waals surface area (Å²) in [5.41, 5.74) is 1.16. The molecule has 2 rings (SSSR count). The summed E-state index contributed by atoms with van der Waals surface area (Å²) >= 11 is 1.81. The van der Waals surface area contributed by atoms with Gasteiger partial charge in [-0.3, -0.25) is 9.98 Å². The van der Waals surface area contributed by atoms with E-state index in [2.05, 4.69) is 22.2 Å². The van der Waals surface area contributed by atoms with Crippen molar-refractivity contribution in [2.24, 2.45) is 4.99 Å². The fourth-order valence-electron chi connectivity index (χ4n) is 1.40. The minimum atomic E-state index is 0.600. The van der Waals surface area contributed by atoms with E-state index >= 15 is 0 Å². The van der Waals surface area contributed by atoms with Crippen molar-refractivity contribution in [2.45, 2.75) is 25.9 Å². The Kier molecular flexibility index (Phi) is 3.61. The van der Waals surface area contributed by atoms with Crippen molar-refractivity contribution in [3.63, 3.8) is 0 Å². The zero-order chi connectivity index (χ0) is 10.5. The molecule has 1 aliphatic heterocycles. The molecule has 0 amide bonds. The van der Waals surface area contributed by atoms with Crippen LogP contribution in [0.15, 0.2) is 29.5 Å². The van der Waals surface area contributed by atoms with Crippen molar-refractivity contribution in [1.29, 1.82) is 0 Å². The summed E-state index contributed by atoms with van der Waals surface area (Å²) in [4.78, 5) is 8.58. The van der Waals surface area contributed by atoms with Crippen LogP contribution in [0.5, 0.6) is 0 Å². The highest BCUT2D eigenvalue weighted by molar-refractivity contribution is 8.14. The first-order chi connectivity index (χ1) is 7.38. The van der Waals surface area contributed by atoms with Crippen LogP contribution in [-0.2, 0) is 6.54 Å². The molecule has 1 saturated heterocycles. The van der Waals surface area contributed by atoms with Crippen LogP contribution in [0, 0.1) is 0 Å². The lowest BCUT2D eigenvalue weighted by molar-refractivity contribution is 0.667. The number of hydrogen-bond acceptors (Lipinski definition) is 3. The van der Waals surface area contributed by atoms with Gasteiger partial charge in [0.15, 0.2) is 5.17 Å². The van der Waals surface area contributed by atoms with Gasteiger partial charge in [-0.1, -0.05) is 24.8 Å². The highest BCUT2D eigenvalue weighted by Crippen LogP contribution is 2.16. The molecule has 1 aromatic rings. The standard InChI is InChI=1S/C11H15N3S/c1-2-10-8-15-11(14-10)13-7-9-4-3-5-12-6-9/h3-6,10H,2,7-8H2,1H3,(H,13,14). The molecular weight excluding hydrogens is 206 g/mol. The van der Waals surface area contributed by atoms with Crippen molar-refractivity contribution in [3.8, 4) is 0 Å². The Morgan fingerprint density at radius 2 is 2.60 bits per heavy atom. The molecule has 1 N–H and O–H groups in total. The third-order valence-corrected chi connectivity index (χ3v) is 3.46. The van der Waals surface area contributed by atoms with Gasteiger partial charge in [0.25, 0.3) is 0 Å². The van der Waals surface area contributed by atoms with Gasteiger partial charge in [-0.15, -0.1) is 0 Å². The second kappa shape index (κ2) is 5.16. The first-order valence-electron chi connectivity index (χ1n) is 5.21. The third kappa shape index (κ3) is 2.96. The number of thioether (sulfide) groups is 1. The average Bonchev–Trinajstić information content (AvgIpc) is 2.76. The van der Waals surface area contributed by atoms with Gasteiger partial charge in [0, 0.05) is 24.2 Å². The molecular formula is C11H15N3S. The van der Waals surface area contributed by atoms with Gasteiger partial charge in [0.1, 0.15) is 0 Å². The summed E-state index contributed by atoms with van der Waals surface area (Å²) < 4.78 is 0. The van der Waals surface area contributed by atoms with Crippen LogP contribution in [0.4, 0.5) is 0 Å². The maximum atomic E-state index is 4.52. The molecule has 0 saturated carbocycles. The zero-order valence-electron chi connectivity index (χ0n) is 8.81. The maximum absolute atomic E-state index is 4.52. The van der Waals surface area contributed by atoms with E-state index < -0.39 is 0 Å². The predicted octanol–water partition coefficient (Wildman–Crippen LogP) is 2.05. The number of aliphatic imine (C=N–C) groups is 1. The molecule has 80 valence electrons. The van der Waals surface area contributed by atoms with Crippen LogP contribution in [0.1, 0.15) is 18.9 Å².